The van der Waals surface area contributed by atoms with Crippen molar-refractivity contribution in [2.24, 2.45) is 0 Å². The van der Waals surface area contributed by atoms with Crippen molar-refractivity contribution in [2.45, 2.75) is 0 Å². The van der Waals surface area contributed by atoms with Gasteiger partial charge in [0.05, 0.1) is 0 Å². The molecule has 8 heavy (non-hydrogen) atoms. The molecular formula is H4AgClNO4S-. The molecule has 0 aliphatic heterocycles. The summed E-state index contributed by atoms with van der Waals surface area (Å²) in [7, 11) is -5.17. The maximum Gasteiger partial charge on any atom is 1.00 e. The molecule has 0 bridgehead atoms. The zero-order valence-corrected chi connectivity index (χ0v) is 6.78. The van der Waals surface area contributed by atoms with Crippen molar-refractivity contribution >= 4 is 10.4 Å². The van der Waals surface area contributed by atoms with Gasteiger partial charge in [-0.15, -0.1) is 0 Å². The summed E-state index contributed by atoms with van der Waals surface area (Å²) in [6.45, 7) is 0. The van der Waals surface area contributed by atoms with Crippen LogP contribution in [0.3, 0.4) is 0 Å². The van der Waals surface area contributed by atoms with E-state index in [1.165, 1.54) is 0 Å². The van der Waals surface area contributed by atoms with Gasteiger partial charge in [-0.3, -0.25) is 8.42 Å². The number of rotatable bonds is 0. The van der Waals surface area contributed by atoms with Crippen LogP contribution in [0.25, 0.3) is 0 Å². The first kappa shape index (κ1) is 23.2. The molecule has 0 radical (unpaired) electrons. The number of quaternary nitrogens is 1. The molecule has 8 heteroatoms. The van der Waals surface area contributed by atoms with Gasteiger partial charge in [0.15, 0.2) is 0 Å². The van der Waals surface area contributed by atoms with Crippen LogP contribution in [-0.2, 0) is 32.8 Å². The second kappa shape index (κ2) is 7.86. The van der Waals surface area contributed by atoms with Crippen LogP contribution < -0.4 is 18.6 Å². The minimum absolute atomic E-state index is 0. The van der Waals surface area contributed by atoms with Gasteiger partial charge in [-0.05, 0) is 0 Å². The maximum absolute atomic E-state index is 8.52. The van der Waals surface area contributed by atoms with Gasteiger partial charge in [0.1, 0.15) is 0 Å². The summed E-state index contributed by atoms with van der Waals surface area (Å²) in [5, 5.41) is 0. The molecule has 0 rings (SSSR count). The molecule has 4 N–H and O–H groups in total. The normalized spacial score (nSPS) is 7.25. The van der Waals surface area contributed by atoms with Crippen LogP contribution in [0, 0.1) is 0 Å². The van der Waals surface area contributed by atoms with Crippen LogP contribution in [-0.4, -0.2) is 17.5 Å². The third-order valence-electron chi connectivity index (χ3n) is 0. The zero-order chi connectivity index (χ0) is 4.50. The SMILES string of the molecule is O=S(=O)([O-])[O-].[Ag+].[Cl-].[NH4+]. The molecule has 0 unspecified atom stereocenters. The zero-order valence-electron chi connectivity index (χ0n) is 3.72. The summed E-state index contributed by atoms with van der Waals surface area (Å²) < 4.78 is 34.1. The van der Waals surface area contributed by atoms with E-state index >= 15 is 0 Å². The van der Waals surface area contributed by atoms with Crippen LogP contribution in [0.15, 0.2) is 0 Å². The Kier molecular flexibility index (Phi) is 22.8. The van der Waals surface area contributed by atoms with Crippen LogP contribution in [0.5, 0.6) is 0 Å². The molecule has 5 nitrogen and oxygen atoms in total. The van der Waals surface area contributed by atoms with E-state index in [1.807, 2.05) is 0 Å². The summed E-state index contributed by atoms with van der Waals surface area (Å²) in [5.41, 5.74) is 0. The van der Waals surface area contributed by atoms with E-state index in [0.717, 1.165) is 0 Å². The van der Waals surface area contributed by atoms with Crippen molar-refractivity contribution in [3.8, 4) is 0 Å². The fraction of sp³-hybridized carbons (Fsp3) is 0. The van der Waals surface area contributed by atoms with E-state index in [1.54, 1.807) is 0 Å². The maximum atomic E-state index is 8.52. The first-order valence-corrected chi connectivity index (χ1v) is 2.00. The molecule has 58 valence electrons. The van der Waals surface area contributed by atoms with E-state index in [4.69, 9.17) is 17.5 Å². The molecule has 0 aromatic carbocycles. The smallest absolute Gasteiger partial charge is 1.00 e. The predicted molar refractivity (Wildman–Crippen MR) is 16.5 cm³/mol. The molecule has 0 atom stereocenters. The van der Waals surface area contributed by atoms with Gasteiger partial charge < -0.3 is 27.7 Å². The van der Waals surface area contributed by atoms with Crippen molar-refractivity contribution in [3.05, 3.63) is 0 Å². The van der Waals surface area contributed by atoms with Gasteiger partial charge in [0, 0.05) is 10.4 Å². The van der Waals surface area contributed by atoms with Gasteiger partial charge in [-0.25, -0.2) is 0 Å². The molecule has 0 fully saturated rings. The molecular weight excluding hydrogens is 253 g/mol. The van der Waals surface area contributed by atoms with E-state index in [0.29, 0.717) is 0 Å². The Morgan fingerprint density at radius 3 is 1.12 bits per heavy atom. The fourth-order valence-corrected chi connectivity index (χ4v) is 0. The number of hydrogen-bond donors (Lipinski definition) is 1. The molecule has 0 aliphatic rings. The number of halogens is 1. The van der Waals surface area contributed by atoms with Crippen molar-refractivity contribution in [2.75, 3.05) is 0 Å². The quantitative estimate of drug-likeness (QED) is 0.271. The Bertz CT molecular complexity index is 99.2. The predicted octanol–water partition coefficient (Wildman–Crippen LogP) is -3.96. The van der Waals surface area contributed by atoms with E-state index in [-0.39, 0.29) is 40.9 Å². The summed E-state index contributed by atoms with van der Waals surface area (Å²) in [6.07, 6.45) is 0. The molecule has 0 aromatic heterocycles. The second-order valence-electron chi connectivity index (χ2n) is 0.408. The molecule has 0 heterocycles. The number of hydrogen-bond acceptors (Lipinski definition) is 4. The van der Waals surface area contributed by atoms with Gasteiger partial charge >= 0.3 is 22.4 Å². The Hall–Kier alpha value is 0.860. The van der Waals surface area contributed by atoms with Crippen molar-refractivity contribution < 1.29 is 52.3 Å². The first-order chi connectivity index (χ1) is 2.00. The third-order valence-corrected chi connectivity index (χ3v) is 0. The monoisotopic (exact) mass is 256 g/mol. The molecule has 0 aliphatic carbocycles. The van der Waals surface area contributed by atoms with Gasteiger partial charge in [-0.2, -0.15) is 0 Å². The second-order valence-corrected chi connectivity index (χ2v) is 1.22. The van der Waals surface area contributed by atoms with E-state index in [9.17, 15) is 0 Å². The molecule has 0 spiro atoms. The standard InChI is InChI=1S/Ag.ClH.H3N.H2O4S/c;;;1-5(2,3)4/h;1H;1H3;(H2,1,2,3,4)/q+1;;;/p-2. The van der Waals surface area contributed by atoms with Crippen LogP contribution in [0.2, 0.25) is 0 Å². The summed E-state index contributed by atoms with van der Waals surface area (Å²) in [5.74, 6) is 0. The largest absolute Gasteiger partial charge is 1.00 e. The average Bonchev–Trinajstić information content (AvgIpc) is 0.722. The van der Waals surface area contributed by atoms with Crippen LogP contribution >= 0.6 is 0 Å². The van der Waals surface area contributed by atoms with Crippen LogP contribution in [0.1, 0.15) is 0 Å². The van der Waals surface area contributed by atoms with Crippen molar-refractivity contribution in [1.82, 2.24) is 6.15 Å². The summed E-state index contributed by atoms with van der Waals surface area (Å²) in [6, 6.07) is 0. The summed E-state index contributed by atoms with van der Waals surface area (Å²) >= 11 is 0. The summed E-state index contributed by atoms with van der Waals surface area (Å²) in [4.78, 5) is 0. The molecule has 0 amide bonds. The topological polar surface area (TPSA) is 117 Å². The minimum atomic E-state index is -5.17. The third kappa shape index (κ3) is 318. The Balaban J connectivity index is -0.0000000267. The first-order valence-electron chi connectivity index (χ1n) is 0.667. The Labute approximate surface area is 68.9 Å². The van der Waals surface area contributed by atoms with E-state index in [2.05, 4.69) is 0 Å². The van der Waals surface area contributed by atoms with Crippen LogP contribution in [0.4, 0.5) is 0 Å². The minimum Gasteiger partial charge on any atom is -1.00 e. The van der Waals surface area contributed by atoms with Gasteiger partial charge in [-0.1, -0.05) is 0 Å². The van der Waals surface area contributed by atoms with Gasteiger partial charge in [0.2, 0.25) is 0 Å². The Morgan fingerprint density at radius 2 is 1.12 bits per heavy atom. The van der Waals surface area contributed by atoms with Crippen molar-refractivity contribution in [1.29, 1.82) is 0 Å². The Morgan fingerprint density at radius 1 is 1.12 bits per heavy atom. The molecule has 0 aromatic rings. The molecule has 0 saturated heterocycles. The average molecular weight is 257 g/mol. The fourth-order valence-electron chi connectivity index (χ4n) is 0. The van der Waals surface area contributed by atoms with Crippen molar-refractivity contribution in [3.63, 3.8) is 0 Å². The molecule has 0 saturated carbocycles. The van der Waals surface area contributed by atoms with Gasteiger partial charge in [0.25, 0.3) is 0 Å². The van der Waals surface area contributed by atoms with E-state index < -0.39 is 10.4 Å².